The maximum atomic E-state index is 10.4. The van der Waals surface area contributed by atoms with Gasteiger partial charge in [-0.25, -0.2) is 4.98 Å². The van der Waals surface area contributed by atoms with Gasteiger partial charge in [-0.15, -0.1) is 10.2 Å². The first-order chi connectivity index (χ1) is 13.7. The molecule has 3 aliphatic rings. The van der Waals surface area contributed by atoms with Crippen LogP contribution in [0.2, 0.25) is 0 Å². The minimum atomic E-state index is 0.156. The molecular weight excluding hydrogens is 354 g/mol. The zero-order valence-corrected chi connectivity index (χ0v) is 15.3. The Bertz CT molecular complexity index is 988. The van der Waals surface area contributed by atoms with E-state index in [9.17, 15) is 5.11 Å². The summed E-state index contributed by atoms with van der Waals surface area (Å²) in [6.07, 6.45) is 8.94. The van der Waals surface area contributed by atoms with Crippen molar-refractivity contribution < 1.29 is 9.84 Å². The van der Waals surface area contributed by atoms with Crippen LogP contribution < -0.4 is 10.1 Å². The second kappa shape index (κ2) is 6.04. The van der Waals surface area contributed by atoms with Gasteiger partial charge in [-0.05, 0) is 36.5 Å². The number of benzene rings is 1. The second-order valence-electron chi connectivity index (χ2n) is 8.08. The number of hydrogen-bond donors (Lipinski definition) is 2. The van der Waals surface area contributed by atoms with Gasteiger partial charge in [-0.3, -0.25) is 0 Å². The summed E-state index contributed by atoms with van der Waals surface area (Å²) in [5.74, 6) is 2.46. The van der Waals surface area contributed by atoms with Crippen LogP contribution in [0.4, 0.5) is 0 Å². The van der Waals surface area contributed by atoms with Crippen molar-refractivity contribution in [1.82, 2.24) is 25.1 Å². The van der Waals surface area contributed by atoms with Gasteiger partial charge < -0.3 is 19.7 Å². The zero-order valence-electron chi connectivity index (χ0n) is 15.3. The van der Waals surface area contributed by atoms with Crippen molar-refractivity contribution in [3.8, 4) is 28.6 Å². The van der Waals surface area contributed by atoms with Gasteiger partial charge in [-0.1, -0.05) is 0 Å². The van der Waals surface area contributed by atoms with Gasteiger partial charge >= 0.3 is 0 Å². The van der Waals surface area contributed by atoms with Crippen LogP contribution >= 0.6 is 0 Å². The fourth-order valence-corrected chi connectivity index (χ4v) is 4.93. The normalized spacial score (nSPS) is 30.1. The Hall–Kier alpha value is -2.93. The molecule has 2 N–H and O–H groups in total. The molecule has 1 aromatic carbocycles. The molecule has 2 aromatic heterocycles. The minimum Gasteiger partial charge on any atom is -0.507 e. The molecule has 2 aliphatic heterocycles. The molecular formula is C21H21N5O2. The summed E-state index contributed by atoms with van der Waals surface area (Å²) in [6.45, 7) is 0. The van der Waals surface area contributed by atoms with E-state index >= 15 is 0 Å². The van der Waals surface area contributed by atoms with E-state index in [0.29, 0.717) is 29.2 Å². The number of hydrogen-bond acceptors (Lipinski definition) is 6. The molecule has 1 aliphatic carbocycles. The molecule has 3 fully saturated rings. The minimum absolute atomic E-state index is 0.156. The number of piperidine rings is 2. The summed E-state index contributed by atoms with van der Waals surface area (Å²) in [6, 6.07) is 10.4. The zero-order chi connectivity index (χ0) is 18.7. The van der Waals surface area contributed by atoms with Crippen LogP contribution in [-0.4, -0.2) is 43.0 Å². The lowest BCUT2D eigenvalue weighted by Crippen LogP contribution is -2.45. The molecule has 0 spiro atoms. The predicted octanol–water partition coefficient (Wildman–Crippen LogP) is 2.55. The first-order valence-electron chi connectivity index (χ1n) is 9.83. The summed E-state index contributed by atoms with van der Waals surface area (Å²) >= 11 is 0. The van der Waals surface area contributed by atoms with Crippen LogP contribution in [0.25, 0.3) is 16.9 Å². The molecule has 0 amide bonds. The number of rotatable bonds is 4. The number of aromatic hydroxyl groups is 1. The molecule has 3 unspecified atom stereocenters. The van der Waals surface area contributed by atoms with Crippen LogP contribution in [0.1, 0.15) is 19.3 Å². The Kier molecular flexibility index (Phi) is 3.46. The average Bonchev–Trinajstić information content (AvgIpc) is 3.24. The standard InChI is InChI=1S/C21H21N5O2/c27-20-7-12(26-6-5-22-11-26)1-2-14(20)17-3-4-21(25-24-17)28-13-8-18-15-10-16(15)19(9-13)23-18/h1-7,11,13,15-16,18-19,23,27H,8-10H2/t13?,15-,16+,18?,19?. The van der Waals surface area contributed by atoms with E-state index in [4.69, 9.17) is 4.74 Å². The topological polar surface area (TPSA) is 85.1 Å². The highest BCUT2D eigenvalue weighted by atomic mass is 16.5. The molecule has 142 valence electrons. The van der Waals surface area contributed by atoms with Crippen LogP contribution in [0.15, 0.2) is 49.1 Å². The second-order valence-corrected chi connectivity index (χ2v) is 8.08. The highest BCUT2D eigenvalue weighted by molar-refractivity contribution is 5.68. The number of nitrogens with one attached hydrogen (secondary N) is 1. The highest BCUT2D eigenvalue weighted by Crippen LogP contribution is 2.53. The number of phenols is 1. The molecule has 7 heteroatoms. The van der Waals surface area contributed by atoms with E-state index in [1.54, 1.807) is 18.6 Å². The van der Waals surface area contributed by atoms with Crippen LogP contribution in [-0.2, 0) is 0 Å². The van der Waals surface area contributed by atoms with Gasteiger partial charge in [0.05, 0.1) is 17.7 Å². The Morgan fingerprint density at radius 3 is 2.57 bits per heavy atom. The summed E-state index contributed by atoms with van der Waals surface area (Å²) < 4.78 is 7.94. The molecule has 3 aromatic rings. The molecule has 2 bridgehead atoms. The third kappa shape index (κ3) is 2.65. The Labute approximate surface area is 162 Å². The van der Waals surface area contributed by atoms with Crippen LogP contribution in [0, 0.1) is 11.8 Å². The molecule has 2 saturated heterocycles. The third-order valence-electron chi connectivity index (χ3n) is 6.37. The van der Waals surface area contributed by atoms with Gasteiger partial charge in [0.1, 0.15) is 11.9 Å². The Morgan fingerprint density at radius 1 is 1.04 bits per heavy atom. The maximum Gasteiger partial charge on any atom is 0.233 e. The largest absolute Gasteiger partial charge is 0.507 e. The third-order valence-corrected chi connectivity index (χ3v) is 6.37. The lowest BCUT2D eigenvalue weighted by molar-refractivity contribution is 0.119. The molecule has 6 rings (SSSR count). The lowest BCUT2D eigenvalue weighted by Gasteiger charge is -2.31. The first-order valence-corrected chi connectivity index (χ1v) is 9.83. The van der Waals surface area contributed by atoms with Gasteiger partial charge in [0.15, 0.2) is 0 Å². The number of ether oxygens (including phenoxy) is 1. The number of fused-ring (bicyclic) bond motifs is 5. The van der Waals surface area contributed by atoms with Gasteiger partial charge in [-0.2, -0.15) is 0 Å². The summed E-state index contributed by atoms with van der Waals surface area (Å²) in [4.78, 5) is 4.03. The van der Waals surface area contributed by atoms with Crippen LogP contribution in [0.5, 0.6) is 11.6 Å². The SMILES string of the molecule is Oc1cc(-n2ccnc2)ccc1-c1ccc(OC2CC3NC(C2)[C@@H]2C[C@H]32)nn1. The summed E-state index contributed by atoms with van der Waals surface area (Å²) in [5, 5.41) is 22.7. The van der Waals surface area contributed by atoms with Crippen molar-refractivity contribution >= 4 is 0 Å². The Morgan fingerprint density at radius 2 is 1.89 bits per heavy atom. The molecule has 28 heavy (non-hydrogen) atoms. The smallest absolute Gasteiger partial charge is 0.233 e. The number of phenolic OH excluding ortho intramolecular Hbond substituents is 1. The van der Waals surface area contributed by atoms with Crippen molar-refractivity contribution in [2.45, 2.75) is 37.5 Å². The maximum absolute atomic E-state index is 10.4. The molecule has 0 radical (unpaired) electrons. The molecule has 5 atom stereocenters. The predicted molar refractivity (Wildman–Crippen MR) is 102 cm³/mol. The van der Waals surface area contributed by atoms with Crippen molar-refractivity contribution in [3.05, 3.63) is 49.1 Å². The van der Waals surface area contributed by atoms with Crippen molar-refractivity contribution in [2.24, 2.45) is 11.8 Å². The van der Waals surface area contributed by atoms with E-state index in [2.05, 4.69) is 20.5 Å². The van der Waals surface area contributed by atoms with Crippen molar-refractivity contribution in [1.29, 1.82) is 0 Å². The molecule has 1 saturated carbocycles. The van der Waals surface area contributed by atoms with E-state index < -0.39 is 0 Å². The Balaban J connectivity index is 1.18. The van der Waals surface area contributed by atoms with E-state index in [-0.39, 0.29) is 11.9 Å². The average molecular weight is 375 g/mol. The number of nitrogens with zero attached hydrogens (tertiary/aromatic N) is 4. The molecule has 4 heterocycles. The van der Waals surface area contributed by atoms with E-state index in [0.717, 1.165) is 30.4 Å². The first kappa shape index (κ1) is 16.1. The number of aromatic nitrogens is 4. The fourth-order valence-electron chi connectivity index (χ4n) is 4.93. The highest BCUT2D eigenvalue weighted by Gasteiger charge is 2.57. The van der Waals surface area contributed by atoms with Gasteiger partial charge in [0, 0.05) is 55.0 Å². The lowest BCUT2D eigenvalue weighted by atomic mass is 9.98. The fraction of sp³-hybridized carbons (Fsp3) is 0.381. The van der Waals surface area contributed by atoms with Gasteiger partial charge in [0.2, 0.25) is 5.88 Å². The molecule has 7 nitrogen and oxygen atoms in total. The summed E-state index contributed by atoms with van der Waals surface area (Å²) in [7, 11) is 0. The van der Waals surface area contributed by atoms with E-state index in [1.807, 2.05) is 35.0 Å². The quantitative estimate of drug-likeness (QED) is 0.729. The van der Waals surface area contributed by atoms with Crippen LogP contribution in [0.3, 0.4) is 0 Å². The van der Waals surface area contributed by atoms with E-state index in [1.165, 1.54) is 6.42 Å². The number of imidazole rings is 1. The van der Waals surface area contributed by atoms with Crippen molar-refractivity contribution in [3.63, 3.8) is 0 Å². The van der Waals surface area contributed by atoms with Gasteiger partial charge in [0.25, 0.3) is 0 Å². The monoisotopic (exact) mass is 375 g/mol. The van der Waals surface area contributed by atoms with Crippen molar-refractivity contribution in [2.75, 3.05) is 0 Å². The summed E-state index contributed by atoms with van der Waals surface area (Å²) in [5.41, 5.74) is 2.10.